The second-order valence-electron chi connectivity index (χ2n) is 3.73. The van der Waals surface area contributed by atoms with Gasteiger partial charge in [-0.3, -0.25) is 4.79 Å². The molecular weight excluding hydrogens is 277 g/mol. The molecule has 0 unspecified atom stereocenters. The number of carbonyl (C=O) groups excluding carboxylic acids is 1. The van der Waals surface area contributed by atoms with E-state index in [0.29, 0.717) is 17.5 Å². The largest absolute Gasteiger partial charge is 0.353 e. The van der Waals surface area contributed by atoms with Crippen molar-refractivity contribution < 1.29 is 4.79 Å². The van der Waals surface area contributed by atoms with Gasteiger partial charge in [0.05, 0.1) is 11.4 Å². The van der Waals surface area contributed by atoms with Crippen molar-refractivity contribution in [1.29, 1.82) is 0 Å². The summed E-state index contributed by atoms with van der Waals surface area (Å²) in [5.41, 5.74) is 0.931. The molecule has 0 bridgehead atoms. The van der Waals surface area contributed by atoms with Crippen LogP contribution in [0.2, 0.25) is 5.02 Å². The van der Waals surface area contributed by atoms with Crippen molar-refractivity contribution in [2.75, 3.05) is 0 Å². The van der Waals surface area contributed by atoms with Crippen LogP contribution in [0.15, 0.2) is 22.7 Å². The molecule has 80 valence electrons. The van der Waals surface area contributed by atoms with Crippen LogP contribution in [-0.4, -0.2) is 11.9 Å². The standard InChI is InChI=1S/C11H11BrClNO/c12-11-7(2-1-3-9(11)13)6-10(15)14-8-4-5-8/h1-3,8H,4-6H2,(H,14,15). The average Bonchev–Trinajstić information content (AvgIpc) is 2.97. The van der Waals surface area contributed by atoms with Crippen LogP contribution in [0.25, 0.3) is 0 Å². The van der Waals surface area contributed by atoms with E-state index in [2.05, 4.69) is 21.2 Å². The molecule has 0 aromatic heterocycles. The Balaban J connectivity index is 2.02. The lowest BCUT2D eigenvalue weighted by atomic mass is 10.1. The predicted octanol–water partition coefficient (Wildman–Crippen LogP) is 2.92. The first-order valence-corrected chi connectivity index (χ1v) is 6.06. The lowest BCUT2D eigenvalue weighted by Crippen LogP contribution is -2.27. The first kappa shape index (κ1) is 11.0. The maximum Gasteiger partial charge on any atom is 0.224 e. The number of amides is 1. The van der Waals surface area contributed by atoms with Crippen molar-refractivity contribution in [3.05, 3.63) is 33.3 Å². The Bertz CT molecular complexity index is 390. The summed E-state index contributed by atoms with van der Waals surface area (Å²) >= 11 is 9.32. The van der Waals surface area contributed by atoms with Gasteiger partial charge in [-0.05, 0) is 40.4 Å². The Morgan fingerprint density at radius 2 is 2.27 bits per heavy atom. The Kier molecular flexibility index (Phi) is 3.32. The Morgan fingerprint density at radius 3 is 2.93 bits per heavy atom. The molecule has 1 aromatic rings. The molecular formula is C11H11BrClNO. The van der Waals surface area contributed by atoms with E-state index in [0.717, 1.165) is 22.9 Å². The minimum Gasteiger partial charge on any atom is -0.353 e. The lowest BCUT2D eigenvalue weighted by Gasteiger charge is -2.06. The summed E-state index contributed by atoms with van der Waals surface area (Å²) < 4.78 is 0.817. The molecule has 0 atom stereocenters. The second kappa shape index (κ2) is 4.54. The van der Waals surface area contributed by atoms with Crippen LogP contribution in [0.5, 0.6) is 0 Å². The van der Waals surface area contributed by atoms with Gasteiger partial charge in [-0.1, -0.05) is 23.7 Å². The molecule has 15 heavy (non-hydrogen) atoms. The molecule has 1 aromatic carbocycles. The highest BCUT2D eigenvalue weighted by Gasteiger charge is 2.23. The first-order valence-electron chi connectivity index (χ1n) is 4.89. The topological polar surface area (TPSA) is 29.1 Å². The van der Waals surface area contributed by atoms with Gasteiger partial charge in [0.1, 0.15) is 0 Å². The molecule has 0 spiro atoms. The van der Waals surface area contributed by atoms with Crippen LogP contribution in [-0.2, 0) is 11.2 Å². The fourth-order valence-electron chi connectivity index (χ4n) is 1.36. The summed E-state index contributed by atoms with van der Waals surface area (Å²) in [7, 11) is 0. The Morgan fingerprint density at radius 1 is 1.53 bits per heavy atom. The molecule has 0 heterocycles. The third-order valence-electron chi connectivity index (χ3n) is 2.33. The Hall–Kier alpha value is -0.540. The van der Waals surface area contributed by atoms with Gasteiger partial charge in [0.2, 0.25) is 5.91 Å². The number of halogens is 2. The Labute approximate surface area is 102 Å². The minimum atomic E-state index is 0.0699. The van der Waals surface area contributed by atoms with E-state index in [1.807, 2.05) is 12.1 Å². The summed E-state index contributed by atoms with van der Waals surface area (Å²) in [4.78, 5) is 11.6. The van der Waals surface area contributed by atoms with Gasteiger partial charge in [-0.15, -0.1) is 0 Å². The monoisotopic (exact) mass is 287 g/mol. The summed E-state index contributed by atoms with van der Waals surface area (Å²) in [6, 6.07) is 5.97. The predicted molar refractivity (Wildman–Crippen MR) is 64.0 cm³/mol. The summed E-state index contributed by atoms with van der Waals surface area (Å²) in [6.45, 7) is 0. The van der Waals surface area contributed by atoms with E-state index < -0.39 is 0 Å². The highest BCUT2D eigenvalue weighted by Crippen LogP contribution is 2.26. The van der Waals surface area contributed by atoms with Crippen LogP contribution in [0.3, 0.4) is 0 Å². The molecule has 0 saturated heterocycles. The third-order valence-corrected chi connectivity index (χ3v) is 3.80. The number of hydrogen-bond donors (Lipinski definition) is 1. The number of nitrogens with one attached hydrogen (secondary N) is 1. The van der Waals surface area contributed by atoms with Crippen LogP contribution in [0.4, 0.5) is 0 Å². The molecule has 4 heteroatoms. The van der Waals surface area contributed by atoms with Gasteiger partial charge < -0.3 is 5.32 Å². The van der Waals surface area contributed by atoms with E-state index in [1.165, 1.54) is 0 Å². The van der Waals surface area contributed by atoms with E-state index in [1.54, 1.807) is 6.07 Å². The average molecular weight is 289 g/mol. The number of carbonyl (C=O) groups is 1. The zero-order valence-electron chi connectivity index (χ0n) is 8.09. The zero-order valence-corrected chi connectivity index (χ0v) is 10.4. The quantitative estimate of drug-likeness (QED) is 0.910. The van der Waals surface area contributed by atoms with Gasteiger partial charge in [-0.25, -0.2) is 0 Å². The molecule has 1 saturated carbocycles. The van der Waals surface area contributed by atoms with Crippen LogP contribution >= 0.6 is 27.5 Å². The fourth-order valence-corrected chi connectivity index (χ4v) is 1.96. The maximum absolute atomic E-state index is 11.6. The van der Waals surface area contributed by atoms with Gasteiger partial charge in [0.15, 0.2) is 0 Å². The molecule has 1 aliphatic carbocycles. The second-order valence-corrected chi connectivity index (χ2v) is 4.93. The van der Waals surface area contributed by atoms with Crippen molar-refractivity contribution in [3.8, 4) is 0 Å². The van der Waals surface area contributed by atoms with Crippen molar-refractivity contribution in [3.63, 3.8) is 0 Å². The molecule has 1 fully saturated rings. The minimum absolute atomic E-state index is 0.0699. The number of hydrogen-bond acceptors (Lipinski definition) is 1. The highest BCUT2D eigenvalue weighted by atomic mass is 79.9. The molecule has 0 aliphatic heterocycles. The van der Waals surface area contributed by atoms with Crippen LogP contribution in [0, 0.1) is 0 Å². The van der Waals surface area contributed by atoms with Crippen molar-refractivity contribution in [2.24, 2.45) is 0 Å². The van der Waals surface area contributed by atoms with Crippen LogP contribution < -0.4 is 5.32 Å². The summed E-state index contributed by atoms with van der Waals surface area (Å²) in [5.74, 6) is 0.0699. The van der Waals surface area contributed by atoms with Gasteiger partial charge in [0, 0.05) is 10.5 Å². The maximum atomic E-state index is 11.6. The van der Waals surface area contributed by atoms with Gasteiger partial charge in [-0.2, -0.15) is 0 Å². The zero-order chi connectivity index (χ0) is 10.8. The molecule has 0 radical (unpaired) electrons. The summed E-state index contributed by atoms with van der Waals surface area (Å²) in [6.07, 6.45) is 2.61. The molecule has 2 nitrogen and oxygen atoms in total. The number of rotatable bonds is 3. The first-order chi connectivity index (χ1) is 7.16. The van der Waals surface area contributed by atoms with Crippen LogP contribution in [0.1, 0.15) is 18.4 Å². The van der Waals surface area contributed by atoms with Gasteiger partial charge in [0.25, 0.3) is 0 Å². The van der Waals surface area contributed by atoms with Gasteiger partial charge >= 0.3 is 0 Å². The number of benzene rings is 1. The molecule has 1 aliphatic rings. The van der Waals surface area contributed by atoms with E-state index in [-0.39, 0.29) is 5.91 Å². The van der Waals surface area contributed by atoms with E-state index in [9.17, 15) is 4.79 Å². The van der Waals surface area contributed by atoms with Crippen molar-refractivity contribution in [1.82, 2.24) is 5.32 Å². The SMILES string of the molecule is O=C(Cc1cccc(Cl)c1Br)NC1CC1. The third kappa shape index (κ3) is 2.95. The normalized spacial score (nSPS) is 15.1. The lowest BCUT2D eigenvalue weighted by molar-refractivity contribution is -0.120. The highest BCUT2D eigenvalue weighted by molar-refractivity contribution is 9.10. The summed E-state index contributed by atoms with van der Waals surface area (Å²) in [5, 5.41) is 3.59. The molecule has 1 N–H and O–H groups in total. The van der Waals surface area contributed by atoms with E-state index in [4.69, 9.17) is 11.6 Å². The fraction of sp³-hybridized carbons (Fsp3) is 0.364. The molecule has 1 amide bonds. The van der Waals surface area contributed by atoms with Crippen molar-refractivity contribution in [2.45, 2.75) is 25.3 Å². The van der Waals surface area contributed by atoms with E-state index >= 15 is 0 Å². The molecule has 2 rings (SSSR count). The van der Waals surface area contributed by atoms with Crippen molar-refractivity contribution >= 4 is 33.4 Å². The smallest absolute Gasteiger partial charge is 0.224 e.